The van der Waals surface area contributed by atoms with Gasteiger partial charge in [0.25, 0.3) is 0 Å². The lowest BCUT2D eigenvalue weighted by atomic mass is 10.2. The van der Waals surface area contributed by atoms with Gasteiger partial charge in [-0.05, 0) is 31.6 Å². The summed E-state index contributed by atoms with van der Waals surface area (Å²) >= 11 is 1.48. The van der Waals surface area contributed by atoms with Gasteiger partial charge in [0.15, 0.2) is 0 Å². The Morgan fingerprint density at radius 1 is 1.22 bits per heavy atom. The van der Waals surface area contributed by atoms with Crippen molar-refractivity contribution in [3.8, 4) is 0 Å². The smallest absolute Gasteiger partial charge is 0.313 e. The average Bonchev–Trinajstić information content (AvgIpc) is 3.03. The van der Waals surface area contributed by atoms with Crippen LogP contribution in [0.25, 0.3) is 21.9 Å². The van der Waals surface area contributed by atoms with Crippen LogP contribution in [0.5, 0.6) is 0 Å². The Morgan fingerprint density at radius 2 is 2.07 bits per heavy atom. The Labute approximate surface area is 162 Å². The maximum Gasteiger partial charge on any atom is 0.313 e. The van der Waals surface area contributed by atoms with Crippen LogP contribution < -0.4 is 0 Å². The number of pyridine rings is 1. The number of carboxylic acid groups (broad SMARTS) is 1. The number of benzene rings is 1. The van der Waals surface area contributed by atoms with Gasteiger partial charge < -0.3 is 14.4 Å². The summed E-state index contributed by atoms with van der Waals surface area (Å²) in [5.74, 6) is 1.26. The molecule has 0 aliphatic heterocycles. The van der Waals surface area contributed by atoms with Crippen molar-refractivity contribution in [2.75, 3.05) is 18.1 Å². The van der Waals surface area contributed by atoms with Crippen LogP contribution in [-0.2, 0) is 22.7 Å². The van der Waals surface area contributed by atoms with Crippen LogP contribution in [0.3, 0.4) is 0 Å². The van der Waals surface area contributed by atoms with Crippen molar-refractivity contribution in [3.63, 3.8) is 0 Å². The maximum atomic E-state index is 10.6. The lowest BCUT2D eigenvalue weighted by molar-refractivity contribution is -0.133. The van der Waals surface area contributed by atoms with E-state index < -0.39 is 5.97 Å². The number of nitrogens with zero attached hydrogens (tertiary/aromatic N) is 3. The van der Waals surface area contributed by atoms with E-state index in [0.717, 1.165) is 59.3 Å². The minimum atomic E-state index is -0.745. The second-order valence-electron chi connectivity index (χ2n) is 6.33. The Hall–Kier alpha value is -2.12. The zero-order valence-corrected chi connectivity index (χ0v) is 16.4. The third kappa shape index (κ3) is 4.99. The summed E-state index contributed by atoms with van der Waals surface area (Å²) in [6, 6.07) is 8.14. The van der Waals surface area contributed by atoms with Crippen molar-refractivity contribution in [3.05, 3.63) is 36.3 Å². The molecule has 1 aromatic carbocycles. The van der Waals surface area contributed by atoms with Crippen molar-refractivity contribution >= 4 is 39.7 Å². The molecule has 0 amide bonds. The van der Waals surface area contributed by atoms with Gasteiger partial charge in [-0.25, -0.2) is 4.98 Å². The fourth-order valence-electron chi connectivity index (χ4n) is 3.16. The number of hydrogen-bond acceptors (Lipinski definition) is 5. The Bertz CT molecular complexity index is 910. The summed E-state index contributed by atoms with van der Waals surface area (Å²) in [7, 11) is 0. The Balaban J connectivity index is 1.75. The molecule has 0 atom stereocenters. The van der Waals surface area contributed by atoms with Gasteiger partial charge in [0.05, 0.1) is 23.0 Å². The highest BCUT2D eigenvalue weighted by Gasteiger charge is 2.14. The molecule has 0 spiro atoms. The fourth-order valence-corrected chi connectivity index (χ4v) is 3.89. The van der Waals surface area contributed by atoms with Gasteiger partial charge in [-0.1, -0.05) is 24.6 Å². The lowest BCUT2D eigenvalue weighted by Gasteiger charge is -2.10. The molecule has 1 N–H and O–H groups in total. The third-order valence-corrected chi connectivity index (χ3v) is 5.42. The molecule has 6 nitrogen and oxygen atoms in total. The fraction of sp³-hybridized carbons (Fsp3) is 0.450. The van der Waals surface area contributed by atoms with E-state index in [1.54, 1.807) is 0 Å². The van der Waals surface area contributed by atoms with Gasteiger partial charge in [0.1, 0.15) is 17.9 Å². The molecular weight excluding hydrogens is 362 g/mol. The molecule has 0 saturated heterocycles. The van der Waals surface area contributed by atoms with Crippen molar-refractivity contribution in [1.29, 1.82) is 0 Å². The summed E-state index contributed by atoms with van der Waals surface area (Å²) in [6.45, 7) is 4.01. The molecule has 0 aliphatic rings. The molecule has 7 heteroatoms. The number of carboxylic acids is 1. The molecule has 27 heavy (non-hydrogen) atoms. The van der Waals surface area contributed by atoms with Crippen molar-refractivity contribution in [1.82, 2.24) is 14.5 Å². The number of para-hydroxylation sites is 1. The number of aryl methyl sites for hydroxylation is 1. The monoisotopic (exact) mass is 387 g/mol. The van der Waals surface area contributed by atoms with Crippen LogP contribution in [-0.4, -0.2) is 43.7 Å². The number of fused-ring (bicyclic) bond motifs is 3. The number of unbranched alkanes of at least 4 members (excludes halogenated alkanes) is 2. The minimum absolute atomic E-state index is 0.184. The van der Waals surface area contributed by atoms with Gasteiger partial charge in [-0.3, -0.25) is 9.78 Å². The molecular formula is C20H25N3O3S. The Morgan fingerprint density at radius 3 is 2.89 bits per heavy atom. The van der Waals surface area contributed by atoms with Crippen molar-refractivity contribution in [2.24, 2.45) is 0 Å². The van der Waals surface area contributed by atoms with Gasteiger partial charge in [-0.15, -0.1) is 0 Å². The normalized spacial score (nSPS) is 11.4. The van der Waals surface area contributed by atoms with Crippen molar-refractivity contribution < 1.29 is 14.6 Å². The topological polar surface area (TPSA) is 77.2 Å². The first-order valence-electron chi connectivity index (χ1n) is 9.31. The average molecular weight is 388 g/mol. The zero-order chi connectivity index (χ0) is 19.1. The van der Waals surface area contributed by atoms with Crippen LogP contribution in [0.1, 0.15) is 32.0 Å². The highest BCUT2D eigenvalue weighted by Crippen LogP contribution is 2.25. The molecule has 0 saturated carbocycles. The number of hydrogen-bond donors (Lipinski definition) is 1. The third-order valence-electron chi connectivity index (χ3n) is 4.39. The van der Waals surface area contributed by atoms with Gasteiger partial charge in [0.2, 0.25) is 0 Å². The van der Waals surface area contributed by atoms with Crippen LogP contribution >= 0.6 is 11.8 Å². The van der Waals surface area contributed by atoms with E-state index >= 15 is 0 Å². The molecule has 0 fully saturated rings. The van der Waals surface area contributed by atoms with E-state index in [0.29, 0.717) is 13.2 Å². The second kappa shape index (κ2) is 9.71. The highest BCUT2D eigenvalue weighted by atomic mass is 32.2. The zero-order valence-electron chi connectivity index (χ0n) is 15.6. The minimum Gasteiger partial charge on any atom is -0.481 e. The van der Waals surface area contributed by atoms with Gasteiger partial charge >= 0.3 is 5.97 Å². The molecule has 0 radical (unpaired) electrons. The van der Waals surface area contributed by atoms with Gasteiger partial charge in [0, 0.05) is 18.5 Å². The first-order chi connectivity index (χ1) is 13.2. The first kappa shape index (κ1) is 19.6. The largest absolute Gasteiger partial charge is 0.481 e. The summed E-state index contributed by atoms with van der Waals surface area (Å²) in [4.78, 5) is 19.8. The van der Waals surface area contributed by atoms with E-state index in [1.165, 1.54) is 11.8 Å². The predicted octanol–water partition coefficient (Wildman–Crippen LogP) is 4.11. The second-order valence-corrected chi connectivity index (χ2v) is 7.44. The molecule has 0 aliphatic carbocycles. The molecule has 2 aromatic heterocycles. The van der Waals surface area contributed by atoms with E-state index in [-0.39, 0.29) is 5.75 Å². The van der Waals surface area contributed by atoms with Gasteiger partial charge in [-0.2, -0.15) is 11.8 Å². The molecule has 2 heterocycles. The number of ether oxygens (including phenoxy) is 1. The molecule has 0 unspecified atom stereocenters. The number of aliphatic carboxylic acids is 1. The number of imidazole rings is 1. The lowest BCUT2D eigenvalue weighted by Crippen LogP contribution is -2.06. The predicted molar refractivity (Wildman–Crippen MR) is 109 cm³/mol. The number of aromatic nitrogens is 3. The SMILES string of the molecule is CCOCc1nc2cnc3ccccc3c2n1CCCCCSCC(=O)O. The summed E-state index contributed by atoms with van der Waals surface area (Å²) < 4.78 is 7.88. The summed E-state index contributed by atoms with van der Waals surface area (Å²) in [5, 5.41) is 9.79. The number of thioether (sulfide) groups is 1. The summed E-state index contributed by atoms with van der Waals surface area (Å²) in [6.07, 6.45) is 4.94. The highest BCUT2D eigenvalue weighted by molar-refractivity contribution is 7.99. The van der Waals surface area contributed by atoms with E-state index in [2.05, 4.69) is 15.6 Å². The standard InChI is InChI=1S/C20H25N3O3S/c1-2-26-13-18-22-17-12-21-16-9-5-4-8-15(16)20(17)23(18)10-6-3-7-11-27-14-19(24)25/h4-5,8-9,12H,2-3,6-7,10-11,13-14H2,1H3,(H,24,25). The van der Waals surface area contributed by atoms with Crippen LogP contribution in [0.2, 0.25) is 0 Å². The van der Waals surface area contributed by atoms with Crippen LogP contribution in [0.15, 0.2) is 30.5 Å². The van der Waals surface area contributed by atoms with Crippen molar-refractivity contribution in [2.45, 2.75) is 39.3 Å². The maximum absolute atomic E-state index is 10.6. The van der Waals surface area contributed by atoms with Crippen LogP contribution in [0, 0.1) is 0 Å². The molecule has 3 aromatic rings. The number of rotatable bonds is 11. The van der Waals surface area contributed by atoms with Crippen LogP contribution in [0.4, 0.5) is 0 Å². The quantitative estimate of drug-likeness (QED) is 0.499. The van der Waals surface area contributed by atoms with E-state index in [4.69, 9.17) is 14.8 Å². The molecule has 144 valence electrons. The van der Waals surface area contributed by atoms with E-state index in [1.807, 2.05) is 31.3 Å². The number of carbonyl (C=O) groups is 1. The first-order valence-corrected chi connectivity index (χ1v) is 10.5. The summed E-state index contributed by atoms with van der Waals surface area (Å²) in [5.41, 5.74) is 3.00. The molecule has 0 bridgehead atoms. The Kier molecular flexibility index (Phi) is 7.06. The van der Waals surface area contributed by atoms with E-state index in [9.17, 15) is 4.79 Å². The molecule has 3 rings (SSSR count).